The molecule has 2 N–H and O–H groups in total. The summed E-state index contributed by atoms with van der Waals surface area (Å²) in [4.78, 5) is 21.9. The molecule has 1 aliphatic carbocycles. The quantitative estimate of drug-likeness (QED) is 0.730. The maximum atomic E-state index is 11.4. The minimum absolute atomic E-state index is 0.285. The predicted molar refractivity (Wildman–Crippen MR) is 52.8 cm³/mol. The molecule has 2 rings (SSSR count). The van der Waals surface area contributed by atoms with Gasteiger partial charge in [0.2, 0.25) is 5.60 Å². The molecule has 0 bridgehead atoms. The highest BCUT2D eigenvalue weighted by molar-refractivity contribution is 5.87. The lowest BCUT2D eigenvalue weighted by atomic mass is 9.95. The average Bonchev–Trinajstić information content (AvgIpc) is 2.60. The van der Waals surface area contributed by atoms with Gasteiger partial charge in [0.1, 0.15) is 0 Å². The summed E-state index contributed by atoms with van der Waals surface area (Å²) in [6, 6.07) is 7.37. The minimum atomic E-state index is -1.25. The Labute approximate surface area is 87.0 Å². The van der Waals surface area contributed by atoms with E-state index >= 15 is 0 Å². The SMILES string of the molecule is NC(=O)C1(OC=O)CCc2ccccc21. The van der Waals surface area contributed by atoms with Gasteiger partial charge in [0.25, 0.3) is 12.4 Å². The number of benzene rings is 1. The number of primary amides is 1. The van der Waals surface area contributed by atoms with Crippen LogP contribution in [0.3, 0.4) is 0 Å². The summed E-state index contributed by atoms with van der Waals surface area (Å²) in [5, 5.41) is 0. The first-order chi connectivity index (χ1) is 7.20. The number of carbonyl (C=O) groups excluding carboxylic acids is 2. The second-order valence-corrected chi connectivity index (χ2v) is 3.56. The van der Waals surface area contributed by atoms with E-state index in [1.807, 2.05) is 12.1 Å². The first kappa shape index (κ1) is 9.71. The van der Waals surface area contributed by atoms with E-state index in [4.69, 9.17) is 10.5 Å². The molecule has 15 heavy (non-hydrogen) atoms. The normalized spacial score (nSPS) is 23.2. The van der Waals surface area contributed by atoms with Crippen LogP contribution < -0.4 is 5.73 Å². The number of carbonyl (C=O) groups is 2. The molecule has 0 aromatic heterocycles. The number of amides is 1. The van der Waals surface area contributed by atoms with Gasteiger partial charge in [-0.3, -0.25) is 9.59 Å². The van der Waals surface area contributed by atoms with E-state index in [9.17, 15) is 9.59 Å². The zero-order valence-corrected chi connectivity index (χ0v) is 8.10. The van der Waals surface area contributed by atoms with Crippen LogP contribution in [-0.4, -0.2) is 12.4 Å². The predicted octanol–water partition coefficient (Wildman–Crippen LogP) is 0.486. The van der Waals surface area contributed by atoms with E-state index in [1.165, 1.54) is 0 Å². The Kier molecular flexibility index (Phi) is 2.19. The van der Waals surface area contributed by atoms with Gasteiger partial charge in [-0.15, -0.1) is 0 Å². The molecule has 0 spiro atoms. The zero-order valence-electron chi connectivity index (χ0n) is 8.10. The first-order valence-corrected chi connectivity index (χ1v) is 4.70. The van der Waals surface area contributed by atoms with Crippen LogP contribution >= 0.6 is 0 Å². The third-order valence-corrected chi connectivity index (χ3v) is 2.85. The van der Waals surface area contributed by atoms with Gasteiger partial charge in [-0.2, -0.15) is 0 Å². The van der Waals surface area contributed by atoms with Crippen molar-refractivity contribution in [3.63, 3.8) is 0 Å². The van der Waals surface area contributed by atoms with Crippen molar-refractivity contribution in [2.24, 2.45) is 5.73 Å². The largest absolute Gasteiger partial charge is 0.446 e. The maximum Gasteiger partial charge on any atom is 0.294 e. The number of hydrogen-bond donors (Lipinski definition) is 1. The highest BCUT2D eigenvalue weighted by Gasteiger charge is 2.46. The molecule has 0 heterocycles. The van der Waals surface area contributed by atoms with Gasteiger partial charge in [0, 0.05) is 12.0 Å². The van der Waals surface area contributed by atoms with Crippen LogP contribution in [0, 0.1) is 0 Å². The second-order valence-electron chi connectivity index (χ2n) is 3.56. The summed E-state index contributed by atoms with van der Waals surface area (Å²) in [5.74, 6) is -0.612. The molecule has 1 aromatic carbocycles. The molecule has 1 aromatic rings. The summed E-state index contributed by atoms with van der Waals surface area (Å²) in [6.45, 7) is 0.285. The molecule has 4 heteroatoms. The standard InChI is InChI=1S/C11H11NO3/c12-10(14)11(15-7-13)6-5-8-3-1-2-4-9(8)11/h1-4,7H,5-6H2,(H2,12,14). The summed E-state index contributed by atoms with van der Waals surface area (Å²) in [5.41, 5.74) is 5.78. The summed E-state index contributed by atoms with van der Waals surface area (Å²) < 4.78 is 4.92. The van der Waals surface area contributed by atoms with Crippen molar-refractivity contribution in [3.8, 4) is 0 Å². The van der Waals surface area contributed by atoms with Crippen LogP contribution in [0.5, 0.6) is 0 Å². The molecule has 0 saturated heterocycles. The van der Waals surface area contributed by atoms with Gasteiger partial charge in [0.05, 0.1) is 0 Å². The number of nitrogens with two attached hydrogens (primary N) is 1. The van der Waals surface area contributed by atoms with Gasteiger partial charge in [-0.05, 0) is 12.0 Å². The molecule has 0 aliphatic heterocycles. The van der Waals surface area contributed by atoms with Crippen molar-refractivity contribution in [2.45, 2.75) is 18.4 Å². The van der Waals surface area contributed by atoms with E-state index in [-0.39, 0.29) is 6.47 Å². The minimum Gasteiger partial charge on any atom is -0.446 e. The van der Waals surface area contributed by atoms with Crippen LogP contribution in [0.1, 0.15) is 17.5 Å². The third kappa shape index (κ3) is 1.29. The van der Waals surface area contributed by atoms with E-state index in [0.717, 1.165) is 5.56 Å². The van der Waals surface area contributed by atoms with Crippen LogP contribution in [0.4, 0.5) is 0 Å². The van der Waals surface area contributed by atoms with Gasteiger partial charge in [-0.25, -0.2) is 0 Å². The fraction of sp³-hybridized carbons (Fsp3) is 0.273. The molecule has 0 saturated carbocycles. The van der Waals surface area contributed by atoms with Gasteiger partial charge >= 0.3 is 0 Å². The van der Waals surface area contributed by atoms with Crippen LogP contribution in [0.2, 0.25) is 0 Å². The van der Waals surface area contributed by atoms with E-state index in [2.05, 4.69) is 0 Å². The highest BCUT2D eigenvalue weighted by atomic mass is 16.5. The van der Waals surface area contributed by atoms with E-state index in [1.54, 1.807) is 12.1 Å². The molecule has 0 fully saturated rings. The molecule has 0 radical (unpaired) electrons. The highest BCUT2D eigenvalue weighted by Crippen LogP contribution is 2.39. The Morgan fingerprint density at radius 1 is 1.47 bits per heavy atom. The smallest absolute Gasteiger partial charge is 0.294 e. The number of rotatable bonds is 3. The van der Waals surface area contributed by atoms with Crippen LogP contribution in [0.25, 0.3) is 0 Å². The molecule has 78 valence electrons. The van der Waals surface area contributed by atoms with Crippen molar-refractivity contribution < 1.29 is 14.3 Å². The van der Waals surface area contributed by atoms with Crippen molar-refractivity contribution in [1.29, 1.82) is 0 Å². The third-order valence-electron chi connectivity index (χ3n) is 2.85. The molecular weight excluding hydrogens is 194 g/mol. The molecule has 4 nitrogen and oxygen atoms in total. The van der Waals surface area contributed by atoms with Crippen LogP contribution in [0.15, 0.2) is 24.3 Å². The topological polar surface area (TPSA) is 69.4 Å². The van der Waals surface area contributed by atoms with E-state index in [0.29, 0.717) is 18.4 Å². The van der Waals surface area contributed by atoms with Crippen molar-refractivity contribution >= 4 is 12.4 Å². The van der Waals surface area contributed by atoms with Gasteiger partial charge in [0.15, 0.2) is 0 Å². The Morgan fingerprint density at radius 2 is 2.20 bits per heavy atom. The van der Waals surface area contributed by atoms with Gasteiger partial charge < -0.3 is 10.5 Å². The summed E-state index contributed by atoms with van der Waals surface area (Å²) >= 11 is 0. The monoisotopic (exact) mass is 205 g/mol. The fourth-order valence-corrected chi connectivity index (χ4v) is 2.10. The second kappa shape index (κ2) is 3.38. The number of hydrogen-bond acceptors (Lipinski definition) is 3. The number of ether oxygens (including phenoxy) is 1. The zero-order chi connectivity index (χ0) is 10.9. The average molecular weight is 205 g/mol. The first-order valence-electron chi connectivity index (χ1n) is 4.70. The van der Waals surface area contributed by atoms with Crippen molar-refractivity contribution in [2.75, 3.05) is 0 Å². The van der Waals surface area contributed by atoms with Crippen molar-refractivity contribution in [1.82, 2.24) is 0 Å². The molecule has 1 aliphatic rings. The number of fused-ring (bicyclic) bond motifs is 1. The molecular formula is C11H11NO3. The van der Waals surface area contributed by atoms with Crippen LogP contribution in [-0.2, 0) is 26.3 Å². The lowest BCUT2D eigenvalue weighted by molar-refractivity contribution is -0.157. The summed E-state index contributed by atoms with van der Waals surface area (Å²) in [7, 11) is 0. The maximum absolute atomic E-state index is 11.4. The van der Waals surface area contributed by atoms with E-state index < -0.39 is 11.5 Å². The lowest BCUT2D eigenvalue weighted by Crippen LogP contribution is -2.41. The molecule has 1 amide bonds. The van der Waals surface area contributed by atoms with Crippen molar-refractivity contribution in [3.05, 3.63) is 35.4 Å². The summed E-state index contributed by atoms with van der Waals surface area (Å²) in [6.07, 6.45) is 1.13. The fourth-order valence-electron chi connectivity index (χ4n) is 2.10. The van der Waals surface area contributed by atoms with Gasteiger partial charge in [-0.1, -0.05) is 24.3 Å². The number of aryl methyl sites for hydroxylation is 1. The lowest BCUT2D eigenvalue weighted by Gasteiger charge is -2.24. The Bertz CT molecular complexity index is 416. The Morgan fingerprint density at radius 3 is 2.87 bits per heavy atom. The Hall–Kier alpha value is -1.84. The molecule has 1 unspecified atom stereocenters. The molecule has 1 atom stereocenters. The Balaban J connectivity index is 2.53.